The van der Waals surface area contributed by atoms with Crippen LogP contribution in [0.1, 0.15) is 0 Å². The highest BCUT2D eigenvalue weighted by Gasteiger charge is 2.13. The first-order chi connectivity index (χ1) is 4.95. The Balaban J connectivity index is 3.35. The van der Waals surface area contributed by atoms with E-state index in [0.29, 0.717) is 11.9 Å². The number of hydrogen-bond donors (Lipinski definition) is 0. The Morgan fingerprint density at radius 3 is 2.36 bits per heavy atom. The molecule has 66 valence electrons. The minimum absolute atomic E-state index is 0.164. The van der Waals surface area contributed by atoms with Crippen molar-refractivity contribution in [2.45, 2.75) is 25.7 Å². The van der Waals surface area contributed by atoms with E-state index in [0.717, 1.165) is 6.04 Å². The highest BCUT2D eigenvalue weighted by molar-refractivity contribution is 9.09. The van der Waals surface area contributed by atoms with Crippen molar-refractivity contribution in [3.8, 4) is 0 Å². The lowest BCUT2D eigenvalue weighted by atomic mass is 10.8. The molecule has 0 bridgehead atoms. The Labute approximate surface area is 77.5 Å². The monoisotopic (exact) mass is 238 g/mol. The topological polar surface area (TPSA) is 26.3 Å². The Hall–Kier alpha value is 0.167. The van der Waals surface area contributed by atoms with Gasteiger partial charge in [0.15, 0.2) is 0 Å². The Kier molecular flexibility index (Phi) is 5.00. The van der Waals surface area contributed by atoms with Gasteiger partial charge in [-0.05, 0) is 6.04 Å². The zero-order valence-corrected chi connectivity index (χ0v) is 9.90. The van der Waals surface area contributed by atoms with E-state index in [1.807, 2.05) is 0 Å². The SMILES string of the molecule is C[Si](C)(C)CCOC(=O)CBr. The third kappa shape index (κ3) is 8.07. The quantitative estimate of drug-likeness (QED) is 0.427. The minimum Gasteiger partial charge on any atom is -0.465 e. The van der Waals surface area contributed by atoms with Crippen molar-refractivity contribution in [2.75, 3.05) is 11.9 Å². The van der Waals surface area contributed by atoms with E-state index < -0.39 is 8.07 Å². The molecule has 0 aliphatic rings. The van der Waals surface area contributed by atoms with Crippen LogP contribution in [0.25, 0.3) is 0 Å². The van der Waals surface area contributed by atoms with Gasteiger partial charge in [0.2, 0.25) is 0 Å². The second-order valence-electron chi connectivity index (χ2n) is 3.66. The number of hydrogen-bond acceptors (Lipinski definition) is 2. The maximum absolute atomic E-state index is 10.6. The summed E-state index contributed by atoms with van der Waals surface area (Å²) in [5.74, 6) is -0.164. The van der Waals surface area contributed by atoms with E-state index in [4.69, 9.17) is 4.74 Å². The molecule has 0 aromatic carbocycles. The fraction of sp³-hybridized carbons (Fsp3) is 0.857. The van der Waals surface area contributed by atoms with Gasteiger partial charge in [0.05, 0.1) is 6.61 Å². The lowest BCUT2D eigenvalue weighted by Crippen LogP contribution is -2.22. The van der Waals surface area contributed by atoms with Crippen LogP contribution < -0.4 is 0 Å². The van der Waals surface area contributed by atoms with Crippen molar-refractivity contribution < 1.29 is 9.53 Å². The van der Waals surface area contributed by atoms with Crippen LogP contribution in [0.5, 0.6) is 0 Å². The van der Waals surface area contributed by atoms with Gasteiger partial charge in [0.25, 0.3) is 0 Å². The number of alkyl halides is 1. The summed E-state index contributed by atoms with van der Waals surface area (Å²) in [6, 6.07) is 1.05. The van der Waals surface area contributed by atoms with Crippen LogP contribution in [-0.2, 0) is 9.53 Å². The van der Waals surface area contributed by atoms with Crippen molar-refractivity contribution in [1.82, 2.24) is 0 Å². The molecule has 0 rings (SSSR count). The van der Waals surface area contributed by atoms with Crippen molar-refractivity contribution >= 4 is 30.0 Å². The lowest BCUT2D eigenvalue weighted by Gasteiger charge is -2.14. The third-order valence-electron chi connectivity index (χ3n) is 1.22. The maximum atomic E-state index is 10.6. The van der Waals surface area contributed by atoms with Crippen LogP contribution in [-0.4, -0.2) is 26.0 Å². The summed E-state index contributed by atoms with van der Waals surface area (Å²) in [7, 11) is -1.03. The van der Waals surface area contributed by atoms with E-state index in [2.05, 4.69) is 35.6 Å². The van der Waals surface area contributed by atoms with E-state index in [1.165, 1.54) is 0 Å². The third-order valence-corrected chi connectivity index (χ3v) is 3.39. The van der Waals surface area contributed by atoms with Crippen LogP contribution in [0.2, 0.25) is 25.7 Å². The first-order valence-electron chi connectivity index (χ1n) is 3.67. The second-order valence-corrected chi connectivity index (χ2v) is 9.85. The summed E-state index contributed by atoms with van der Waals surface area (Å²) in [5, 5.41) is 0.304. The number of esters is 1. The van der Waals surface area contributed by atoms with Gasteiger partial charge in [-0.3, -0.25) is 4.79 Å². The van der Waals surface area contributed by atoms with Gasteiger partial charge in [-0.2, -0.15) is 0 Å². The molecule has 0 radical (unpaired) electrons. The highest BCUT2D eigenvalue weighted by atomic mass is 79.9. The molecule has 0 aliphatic heterocycles. The van der Waals surface area contributed by atoms with Crippen molar-refractivity contribution in [1.29, 1.82) is 0 Å². The Morgan fingerprint density at radius 1 is 1.45 bits per heavy atom. The Bertz CT molecular complexity index is 131. The average Bonchev–Trinajstić information content (AvgIpc) is 1.85. The van der Waals surface area contributed by atoms with Crippen molar-refractivity contribution in [3.05, 3.63) is 0 Å². The fourth-order valence-corrected chi connectivity index (χ4v) is 1.39. The van der Waals surface area contributed by atoms with E-state index in [1.54, 1.807) is 0 Å². The summed E-state index contributed by atoms with van der Waals surface area (Å²) < 4.78 is 4.92. The van der Waals surface area contributed by atoms with E-state index >= 15 is 0 Å². The van der Waals surface area contributed by atoms with Gasteiger partial charge in [0.1, 0.15) is 5.33 Å². The molecular formula is C7H15BrO2Si. The first-order valence-corrected chi connectivity index (χ1v) is 8.50. The van der Waals surface area contributed by atoms with Crippen molar-refractivity contribution in [3.63, 3.8) is 0 Å². The number of carbonyl (C=O) groups is 1. The molecule has 0 spiro atoms. The van der Waals surface area contributed by atoms with Crippen LogP contribution in [0.15, 0.2) is 0 Å². The van der Waals surface area contributed by atoms with Gasteiger partial charge in [-0.1, -0.05) is 35.6 Å². The first kappa shape index (κ1) is 11.2. The molecule has 0 fully saturated rings. The van der Waals surface area contributed by atoms with Crippen LogP contribution >= 0.6 is 15.9 Å². The summed E-state index contributed by atoms with van der Waals surface area (Å²) in [4.78, 5) is 10.6. The summed E-state index contributed by atoms with van der Waals surface area (Å²) in [6.07, 6.45) is 0. The van der Waals surface area contributed by atoms with E-state index in [-0.39, 0.29) is 5.97 Å². The van der Waals surface area contributed by atoms with Gasteiger partial charge < -0.3 is 4.74 Å². The lowest BCUT2D eigenvalue weighted by molar-refractivity contribution is -0.139. The molecule has 11 heavy (non-hydrogen) atoms. The van der Waals surface area contributed by atoms with Gasteiger partial charge >= 0.3 is 5.97 Å². The molecule has 0 aromatic heterocycles. The molecule has 0 unspecified atom stereocenters. The fourth-order valence-electron chi connectivity index (χ4n) is 0.510. The molecule has 4 heteroatoms. The summed E-state index contributed by atoms with van der Waals surface area (Å²) >= 11 is 3.03. The van der Waals surface area contributed by atoms with Gasteiger partial charge in [0, 0.05) is 8.07 Å². The predicted octanol–water partition coefficient (Wildman–Crippen LogP) is 2.26. The molecular weight excluding hydrogens is 224 g/mol. The zero-order valence-electron chi connectivity index (χ0n) is 7.32. The van der Waals surface area contributed by atoms with E-state index in [9.17, 15) is 4.79 Å². The molecule has 0 N–H and O–H groups in total. The molecule has 0 aliphatic carbocycles. The summed E-state index contributed by atoms with van der Waals surface area (Å²) in [5.41, 5.74) is 0. The number of carbonyl (C=O) groups excluding carboxylic acids is 1. The molecule has 0 atom stereocenters. The average molecular weight is 239 g/mol. The zero-order chi connectivity index (χ0) is 8.91. The molecule has 0 saturated heterocycles. The van der Waals surface area contributed by atoms with Crippen molar-refractivity contribution in [2.24, 2.45) is 0 Å². The smallest absolute Gasteiger partial charge is 0.316 e. The van der Waals surface area contributed by atoms with Gasteiger partial charge in [-0.25, -0.2) is 0 Å². The van der Waals surface area contributed by atoms with Crippen LogP contribution in [0.4, 0.5) is 0 Å². The molecule has 0 amide bonds. The Morgan fingerprint density at radius 2 is 2.00 bits per heavy atom. The molecule has 2 nitrogen and oxygen atoms in total. The maximum Gasteiger partial charge on any atom is 0.316 e. The highest BCUT2D eigenvalue weighted by Crippen LogP contribution is 2.07. The number of ether oxygens (including phenoxy) is 1. The van der Waals surface area contributed by atoms with Crippen LogP contribution in [0.3, 0.4) is 0 Å². The van der Waals surface area contributed by atoms with Crippen LogP contribution in [0, 0.1) is 0 Å². The minimum atomic E-state index is -1.03. The normalized spacial score (nSPS) is 11.3. The standard InChI is InChI=1S/C7H15BrO2Si/c1-11(2,3)5-4-10-7(9)6-8/h4-6H2,1-3H3. The molecule has 0 aromatic rings. The predicted molar refractivity (Wildman–Crippen MR) is 52.9 cm³/mol. The largest absolute Gasteiger partial charge is 0.465 e. The molecule has 0 heterocycles. The second kappa shape index (κ2) is 4.93. The number of rotatable bonds is 4. The summed E-state index contributed by atoms with van der Waals surface area (Å²) in [6.45, 7) is 7.36. The number of halogens is 1. The van der Waals surface area contributed by atoms with Gasteiger partial charge in [-0.15, -0.1) is 0 Å². The molecule has 0 saturated carbocycles.